The predicted octanol–water partition coefficient (Wildman–Crippen LogP) is 5.57. The molecule has 3 aromatic carbocycles. The Kier molecular flexibility index (Phi) is 6.85. The first-order chi connectivity index (χ1) is 13.5. The number of rotatable bonds is 6. The van der Waals surface area contributed by atoms with Crippen LogP contribution in [0.15, 0.2) is 83.3 Å². The number of esters is 1. The second-order valence-corrected chi connectivity index (χ2v) is 7.29. The van der Waals surface area contributed by atoms with Gasteiger partial charge in [0, 0.05) is 0 Å². The Bertz CT molecular complexity index is 978. The Balaban J connectivity index is 1.78. The highest BCUT2D eigenvalue weighted by atomic mass is 79.9. The summed E-state index contributed by atoms with van der Waals surface area (Å²) in [7, 11) is 0. The zero-order chi connectivity index (χ0) is 19.9. The van der Waals surface area contributed by atoms with Crippen molar-refractivity contribution in [2.45, 2.75) is 12.5 Å². The minimum absolute atomic E-state index is 0.0262. The summed E-state index contributed by atoms with van der Waals surface area (Å²) < 4.78 is 6.13. The molecule has 0 saturated carbocycles. The molecule has 0 saturated heterocycles. The molecule has 28 heavy (non-hydrogen) atoms. The summed E-state index contributed by atoms with van der Waals surface area (Å²) in [6.45, 7) is 0. The van der Waals surface area contributed by atoms with Gasteiger partial charge < -0.3 is 10.1 Å². The second kappa shape index (κ2) is 9.53. The van der Waals surface area contributed by atoms with Crippen LogP contribution in [0.3, 0.4) is 0 Å². The lowest BCUT2D eigenvalue weighted by atomic mass is 10.0. The molecular formula is C22H17BrClNO3. The summed E-state index contributed by atoms with van der Waals surface area (Å²) in [5, 5.41) is 3.24. The van der Waals surface area contributed by atoms with Crippen LogP contribution in [0.4, 0.5) is 0 Å². The van der Waals surface area contributed by atoms with Crippen LogP contribution in [0.5, 0.6) is 5.75 Å². The predicted molar refractivity (Wildman–Crippen MR) is 112 cm³/mol. The van der Waals surface area contributed by atoms with Crippen molar-refractivity contribution in [3.63, 3.8) is 0 Å². The van der Waals surface area contributed by atoms with E-state index >= 15 is 0 Å². The molecule has 0 radical (unpaired) electrons. The van der Waals surface area contributed by atoms with Crippen LogP contribution in [0.1, 0.15) is 28.4 Å². The maximum atomic E-state index is 12.7. The third-order valence-electron chi connectivity index (χ3n) is 4.06. The molecule has 0 aliphatic carbocycles. The molecule has 3 rings (SSSR count). The Morgan fingerprint density at radius 2 is 1.57 bits per heavy atom. The van der Waals surface area contributed by atoms with Crippen LogP contribution in [0, 0.1) is 0 Å². The SMILES string of the molecule is O=C(CC(NC(=O)c1ccccc1Cl)c1ccccc1)Oc1ccccc1Br. The highest BCUT2D eigenvalue weighted by Crippen LogP contribution is 2.26. The monoisotopic (exact) mass is 457 g/mol. The van der Waals surface area contributed by atoms with Crippen molar-refractivity contribution in [3.8, 4) is 5.75 Å². The van der Waals surface area contributed by atoms with Crippen LogP contribution in [0.25, 0.3) is 0 Å². The molecule has 0 aliphatic rings. The Morgan fingerprint density at radius 3 is 2.29 bits per heavy atom. The van der Waals surface area contributed by atoms with E-state index in [1.807, 2.05) is 36.4 Å². The maximum absolute atomic E-state index is 12.7. The average Bonchev–Trinajstić information content (AvgIpc) is 2.70. The van der Waals surface area contributed by atoms with Gasteiger partial charge in [0.25, 0.3) is 5.91 Å². The van der Waals surface area contributed by atoms with Crippen molar-refractivity contribution in [1.82, 2.24) is 5.32 Å². The summed E-state index contributed by atoms with van der Waals surface area (Å²) in [4.78, 5) is 25.2. The first-order valence-corrected chi connectivity index (χ1v) is 9.77. The molecule has 1 atom stereocenters. The first-order valence-electron chi connectivity index (χ1n) is 8.60. The molecule has 0 aliphatic heterocycles. The summed E-state index contributed by atoms with van der Waals surface area (Å²) >= 11 is 9.47. The van der Waals surface area contributed by atoms with E-state index in [0.717, 1.165) is 5.56 Å². The fourth-order valence-electron chi connectivity index (χ4n) is 2.68. The van der Waals surface area contributed by atoms with Crippen LogP contribution in [-0.2, 0) is 4.79 Å². The molecule has 0 heterocycles. The van der Waals surface area contributed by atoms with E-state index in [1.165, 1.54) is 0 Å². The van der Waals surface area contributed by atoms with E-state index < -0.39 is 12.0 Å². The summed E-state index contributed by atoms with van der Waals surface area (Å²) in [6.07, 6.45) is -0.0262. The van der Waals surface area contributed by atoms with Gasteiger partial charge in [-0.05, 0) is 45.8 Å². The smallest absolute Gasteiger partial charge is 0.313 e. The molecule has 0 bridgehead atoms. The van der Waals surface area contributed by atoms with Crippen LogP contribution in [-0.4, -0.2) is 11.9 Å². The van der Waals surface area contributed by atoms with Gasteiger partial charge in [0.05, 0.1) is 27.5 Å². The fraction of sp³-hybridized carbons (Fsp3) is 0.0909. The fourth-order valence-corrected chi connectivity index (χ4v) is 3.26. The van der Waals surface area contributed by atoms with Gasteiger partial charge in [-0.1, -0.05) is 66.2 Å². The lowest BCUT2D eigenvalue weighted by Gasteiger charge is -2.19. The minimum Gasteiger partial charge on any atom is -0.425 e. The van der Waals surface area contributed by atoms with E-state index in [1.54, 1.807) is 42.5 Å². The number of para-hydroxylation sites is 1. The van der Waals surface area contributed by atoms with Crippen molar-refractivity contribution in [1.29, 1.82) is 0 Å². The Morgan fingerprint density at radius 1 is 0.929 bits per heavy atom. The van der Waals surface area contributed by atoms with Crippen molar-refractivity contribution in [2.24, 2.45) is 0 Å². The highest BCUT2D eigenvalue weighted by Gasteiger charge is 2.21. The number of carbonyl (C=O) groups excluding carboxylic acids is 2. The van der Waals surface area contributed by atoms with Gasteiger partial charge in [-0.25, -0.2) is 0 Å². The van der Waals surface area contributed by atoms with Gasteiger partial charge in [0.2, 0.25) is 0 Å². The van der Waals surface area contributed by atoms with E-state index in [9.17, 15) is 9.59 Å². The normalized spacial score (nSPS) is 11.5. The summed E-state index contributed by atoms with van der Waals surface area (Å²) in [5.41, 5.74) is 1.15. The molecule has 6 heteroatoms. The molecular weight excluding hydrogens is 442 g/mol. The highest BCUT2D eigenvalue weighted by molar-refractivity contribution is 9.10. The van der Waals surface area contributed by atoms with Crippen LogP contribution < -0.4 is 10.1 Å². The van der Waals surface area contributed by atoms with Gasteiger partial charge in [0.15, 0.2) is 0 Å². The lowest BCUT2D eigenvalue weighted by Crippen LogP contribution is -2.31. The maximum Gasteiger partial charge on any atom is 0.313 e. The molecule has 1 N–H and O–H groups in total. The van der Waals surface area contributed by atoms with Gasteiger partial charge in [0.1, 0.15) is 5.75 Å². The number of nitrogens with one attached hydrogen (secondary N) is 1. The summed E-state index contributed by atoms with van der Waals surface area (Å²) in [6, 6.07) is 22.6. The average molecular weight is 459 g/mol. The van der Waals surface area contributed by atoms with Gasteiger partial charge >= 0.3 is 5.97 Å². The first kappa shape index (κ1) is 20.1. The van der Waals surface area contributed by atoms with Gasteiger partial charge in [-0.15, -0.1) is 0 Å². The van der Waals surface area contributed by atoms with Crippen molar-refractivity contribution < 1.29 is 14.3 Å². The number of ether oxygens (including phenoxy) is 1. The number of carbonyl (C=O) groups is 2. The minimum atomic E-state index is -0.556. The van der Waals surface area contributed by atoms with E-state index in [0.29, 0.717) is 20.8 Å². The van der Waals surface area contributed by atoms with E-state index in [-0.39, 0.29) is 12.3 Å². The van der Waals surface area contributed by atoms with Gasteiger partial charge in [-0.2, -0.15) is 0 Å². The quantitative estimate of drug-likeness (QED) is 0.388. The third-order valence-corrected chi connectivity index (χ3v) is 5.04. The molecule has 3 aromatic rings. The van der Waals surface area contributed by atoms with Crippen LogP contribution >= 0.6 is 27.5 Å². The standard InChI is InChI=1S/C22H17BrClNO3/c23-17-11-5-7-13-20(17)28-21(26)14-19(15-8-2-1-3-9-15)25-22(27)16-10-4-6-12-18(16)24/h1-13,19H,14H2,(H,25,27). The number of hydrogen-bond acceptors (Lipinski definition) is 3. The Labute approximate surface area is 176 Å². The van der Waals surface area contributed by atoms with Gasteiger partial charge in [-0.3, -0.25) is 9.59 Å². The van der Waals surface area contributed by atoms with E-state index in [4.69, 9.17) is 16.3 Å². The largest absolute Gasteiger partial charge is 0.425 e. The Hall–Kier alpha value is -2.63. The zero-order valence-corrected chi connectivity index (χ0v) is 17.1. The van der Waals surface area contributed by atoms with Crippen molar-refractivity contribution in [2.75, 3.05) is 0 Å². The number of benzene rings is 3. The topological polar surface area (TPSA) is 55.4 Å². The second-order valence-electron chi connectivity index (χ2n) is 6.03. The molecule has 4 nitrogen and oxygen atoms in total. The van der Waals surface area contributed by atoms with Crippen LogP contribution in [0.2, 0.25) is 5.02 Å². The molecule has 142 valence electrons. The number of hydrogen-bond donors (Lipinski definition) is 1. The molecule has 0 fully saturated rings. The van der Waals surface area contributed by atoms with Crippen molar-refractivity contribution in [3.05, 3.63) is 99.5 Å². The molecule has 0 spiro atoms. The molecule has 1 unspecified atom stereocenters. The zero-order valence-electron chi connectivity index (χ0n) is 14.8. The van der Waals surface area contributed by atoms with Crippen molar-refractivity contribution >= 4 is 39.4 Å². The number of amides is 1. The molecule has 1 amide bonds. The molecule has 0 aromatic heterocycles. The van der Waals surface area contributed by atoms with E-state index in [2.05, 4.69) is 21.2 Å². The summed E-state index contributed by atoms with van der Waals surface area (Å²) in [5.74, 6) is -0.384. The third kappa shape index (κ3) is 5.21. The lowest BCUT2D eigenvalue weighted by molar-refractivity contribution is -0.135. The number of halogens is 2.